The number of amides is 1. The van der Waals surface area contributed by atoms with Gasteiger partial charge in [0.2, 0.25) is 5.91 Å². The van der Waals surface area contributed by atoms with Crippen molar-refractivity contribution in [3.8, 4) is 11.1 Å². The first-order valence-electron chi connectivity index (χ1n) is 10.3. The summed E-state index contributed by atoms with van der Waals surface area (Å²) in [6.07, 6.45) is 7.22. The zero-order chi connectivity index (χ0) is 20.9. The number of carbonyl (C=O) groups excluding carboxylic acids is 1. The van der Waals surface area contributed by atoms with E-state index < -0.39 is 0 Å². The number of anilines is 2. The Morgan fingerprint density at radius 3 is 2.60 bits per heavy atom. The number of piperazine rings is 1. The molecule has 0 saturated carbocycles. The third-order valence-corrected chi connectivity index (χ3v) is 5.37. The van der Waals surface area contributed by atoms with Crippen LogP contribution >= 0.6 is 0 Å². The Morgan fingerprint density at radius 2 is 1.90 bits per heavy atom. The Kier molecular flexibility index (Phi) is 6.04. The van der Waals surface area contributed by atoms with E-state index in [9.17, 15) is 4.79 Å². The molecular weight excluding hydrogens is 378 g/mol. The lowest BCUT2D eigenvalue weighted by atomic mass is 10.1. The van der Waals surface area contributed by atoms with Gasteiger partial charge in [0.1, 0.15) is 12.4 Å². The number of hydrogen-bond acceptors (Lipinski definition) is 6. The van der Waals surface area contributed by atoms with E-state index >= 15 is 0 Å². The first-order valence-corrected chi connectivity index (χ1v) is 10.3. The van der Waals surface area contributed by atoms with Crippen molar-refractivity contribution in [3.05, 3.63) is 54.7 Å². The van der Waals surface area contributed by atoms with Crippen LogP contribution in [0.3, 0.4) is 0 Å². The molecule has 1 amide bonds. The molecule has 0 aliphatic carbocycles. The second-order valence-electron chi connectivity index (χ2n) is 7.48. The summed E-state index contributed by atoms with van der Waals surface area (Å²) < 4.78 is 1.63. The van der Waals surface area contributed by atoms with Gasteiger partial charge in [0.05, 0.1) is 18.1 Å². The van der Waals surface area contributed by atoms with Crippen molar-refractivity contribution in [1.82, 2.24) is 24.6 Å². The molecule has 4 rings (SSSR count). The van der Waals surface area contributed by atoms with Gasteiger partial charge >= 0.3 is 0 Å². The Morgan fingerprint density at radius 1 is 1.07 bits per heavy atom. The van der Waals surface area contributed by atoms with Gasteiger partial charge in [-0.1, -0.05) is 6.92 Å². The molecule has 1 aliphatic heterocycles. The third-order valence-electron chi connectivity index (χ3n) is 5.37. The van der Waals surface area contributed by atoms with Gasteiger partial charge in [0.25, 0.3) is 0 Å². The van der Waals surface area contributed by atoms with Crippen molar-refractivity contribution in [2.45, 2.75) is 20.4 Å². The van der Waals surface area contributed by atoms with E-state index in [0.717, 1.165) is 55.2 Å². The summed E-state index contributed by atoms with van der Waals surface area (Å²) in [4.78, 5) is 25.8. The molecule has 1 fully saturated rings. The lowest BCUT2D eigenvalue weighted by Crippen LogP contribution is -2.46. The minimum atomic E-state index is -0.160. The first kappa shape index (κ1) is 20.0. The summed E-state index contributed by atoms with van der Waals surface area (Å²) in [6, 6.07) is 7.80. The fourth-order valence-electron chi connectivity index (χ4n) is 3.62. The van der Waals surface area contributed by atoms with Crippen LogP contribution in [0.25, 0.3) is 11.1 Å². The molecule has 0 aromatic carbocycles. The number of aryl methyl sites for hydroxylation is 1. The average molecular weight is 406 g/mol. The van der Waals surface area contributed by atoms with Gasteiger partial charge in [0.15, 0.2) is 0 Å². The maximum Gasteiger partial charge on any atom is 0.247 e. The van der Waals surface area contributed by atoms with Gasteiger partial charge in [-0.05, 0) is 43.3 Å². The fraction of sp³-hybridized carbons (Fsp3) is 0.364. The Labute approximate surface area is 176 Å². The van der Waals surface area contributed by atoms with Crippen molar-refractivity contribution in [2.75, 3.05) is 42.9 Å². The minimum absolute atomic E-state index is 0.131. The lowest BCUT2D eigenvalue weighted by molar-refractivity contribution is -0.116. The molecule has 8 heteroatoms. The highest BCUT2D eigenvalue weighted by Crippen LogP contribution is 2.19. The SMILES string of the molecule is CCN1CCN(c2ccc(NC(=O)Cn3cc(-c4ccnc(C)c4)cn3)nc2)CC1. The van der Waals surface area contributed by atoms with Crippen LogP contribution in [0.1, 0.15) is 12.6 Å². The topological polar surface area (TPSA) is 79.2 Å². The summed E-state index contributed by atoms with van der Waals surface area (Å²) in [5.41, 5.74) is 4.03. The number of aromatic nitrogens is 4. The number of likely N-dealkylation sites (N-methyl/N-ethyl adjacent to an activating group) is 1. The summed E-state index contributed by atoms with van der Waals surface area (Å²) >= 11 is 0. The van der Waals surface area contributed by atoms with Gasteiger partial charge in [-0.2, -0.15) is 5.10 Å². The second kappa shape index (κ2) is 9.04. The van der Waals surface area contributed by atoms with Crippen molar-refractivity contribution in [1.29, 1.82) is 0 Å². The maximum absolute atomic E-state index is 12.4. The second-order valence-corrected chi connectivity index (χ2v) is 7.48. The smallest absolute Gasteiger partial charge is 0.247 e. The number of hydrogen-bond donors (Lipinski definition) is 1. The Balaban J connectivity index is 1.32. The summed E-state index contributed by atoms with van der Waals surface area (Å²) in [5.74, 6) is 0.389. The molecule has 4 heterocycles. The van der Waals surface area contributed by atoms with Crippen molar-refractivity contribution in [3.63, 3.8) is 0 Å². The number of pyridine rings is 2. The molecule has 8 nitrogen and oxygen atoms in total. The highest BCUT2D eigenvalue weighted by molar-refractivity contribution is 5.89. The predicted molar refractivity (Wildman–Crippen MR) is 117 cm³/mol. The van der Waals surface area contributed by atoms with Crippen LogP contribution in [0.5, 0.6) is 0 Å². The molecule has 1 saturated heterocycles. The molecular formula is C22H27N7O. The molecule has 30 heavy (non-hydrogen) atoms. The Hall–Kier alpha value is -3.26. The number of carbonyl (C=O) groups is 1. The van der Waals surface area contributed by atoms with E-state index in [-0.39, 0.29) is 12.5 Å². The Bertz CT molecular complexity index is 991. The lowest BCUT2D eigenvalue weighted by Gasteiger charge is -2.35. The standard InChI is InChI=1S/C22H27N7O/c1-3-27-8-10-28(11-9-27)20-4-5-21(24-14-20)26-22(30)16-29-15-19(13-25-29)18-6-7-23-17(2)12-18/h4-7,12-15H,3,8-11,16H2,1-2H3,(H,24,26,30). The summed E-state index contributed by atoms with van der Waals surface area (Å²) in [5, 5.41) is 7.14. The van der Waals surface area contributed by atoms with Crippen LogP contribution in [0.2, 0.25) is 0 Å². The van der Waals surface area contributed by atoms with Crippen LogP contribution in [-0.4, -0.2) is 63.3 Å². The van der Waals surface area contributed by atoms with Crippen LogP contribution in [0.15, 0.2) is 49.1 Å². The van der Waals surface area contributed by atoms with Gasteiger partial charge in [0, 0.05) is 49.8 Å². The van der Waals surface area contributed by atoms with E-state index in [4.69, 9.17) is 0 Å². The van der Waals surface area contributed by atoms with Gasteiger partial charge in [-0.3, -0.25) is 14.5 Å². The van der Waals surface area contributed by atoms with E-state index in [1.165, 1.54) is 0 Å². The zero-order valence-electron chi connectivity index (χ0n) is 17.5. The largest absolute Gasteiger partial charge is 0.368 e. The molecule has 3 aromatic heterocycles. The van der Waals surface area contributed by atoms with Gasteiger partial charge < -0.3 is 15.1 Å². The first-order chi connectivity index (χ1) is 14.6. The van der Waals surface area contributed by atoms with Gasteiger partial charge in [-0.15, -0.1) is 0 Å². The zero-order valence-corrected chi connectivity index (χ0v) is 17.5. The van der Waals surface area contributed by atoms with Crippen LogP contribution in [0, 0.1) is 6.92 Å². The molecule has 3 aromatic rings. The molecule has 1 N–H and O–H groups in total. The van der Waals surface area contributed by atoms with E-state index in [0.29, 0.717) is 5.82 Å². The molecule has 0 atom stereocenters. The van der Waals surface area contributed by atoms with E-state index in [1.54, 1.807) is 17.1 Å². The van der Waals surface area contributed by atoms with Crippen LogP contribution in [-0.2, 0) is 11.3 Å². The quantitative estimate of drug-likeness (QED) is 0.679. The third kappa shape index (κ3) is 4.83. The summed E-state index contributed by atoms with van der Waals surface area (Å²) in [6.45, 7) is 9.51. The minimum Gasteiger partial charge on any atom is -0.368 e. The maximum atomic E-state index is 12.4. The average Bonchev–Trinajstić information content (AvgIpc) is 3.23. The summed E-state index contributed by atoms with van der Waals surface area (Å²) in [7, 11) is 0. The van der Waals surface area contributed by atoms with E-state index in [1.807, 2.05) is 43.6 Å². The predicted octanol–water partition coefficient (Wildman–Crippen LogP) is 2.43. The molecule has 1 aliphatic rings. The molecule has 156 valence electrons. The highest BCUT2D eigenvalue weighted by Gasteiger charge is 2.16. The van der Waals surface area contributed by atoms with Gasteiger partial charge in [-0.25, -0.2) is 4.98 Å². The number of nitrogens with zero attached hydrogens (tertiary/aromatic N) is 6. The molecule has 0 radical (unpaired) electrons. The van der Waals surface area contributed by atoms with Crippen LogP contribution in [0.4, 0.5) is 11.5 Å². The van der Waals surface area contributed by atoms with Crippen LogP contribution < -0.4 is 10.2 Å². The molecule has 0 spiro atoms. The molecule has 0 unspecified atom stereocenters. The monoisotopic (exact) mass is 405 g/mol. The normalized spacial score (nSPS) is 14.7. The highest BCUT2D eigenvalue weighted by atomic mass is 16.2. The van der Waals surface area contributed by atoms with Crippen molar-refractivity contribution in [2.24, 2.45) is 0 Å². The van der Waals surface area contributed by atoms with Crippen molar-refractivity contribution >= 4 is 17.4 Å². The fourth-order valence-corrected chi connectivity index (χ4v) is 3.62. The number of rotatable bonds is 6. The molecule has 0 bridgehead atoms. The van der Waals surface area contributed by atoms with Crippen molar-refractivity contribution < 1.29 is 4.79 Å². The van der Waals surface area contributed by atoms with E-state index in [2.05, 4.69) is 37.1 Å². The number of nitrogens with one attached hydrogen (secondary N) is 1.